The molecule has 0 bridgehead atoms. The highest BCUT2D eigenvalue weighted by atomic mass is 16.2. The minimum absolute atomic E-state index is 0.137. The standard InChI is InChI=1S/C19H24N4O2/c1-11-8-12(2)10-15(9-11)23-7-6-16(19(23)25)18(24)20-17-13(3)21-22(5)14(17)4/h8-10,16H,6-7H2,1-5H3,(H,20,24). The van der Waals surface area contributed by atoms with Gasteiger partial charge in [0.05, 0.1) is 17.1 Å². The lowest BCUT2D eigenvalue weighted by atomic mass is 10.1. The van der Waals surface area contributed by atoms with Gasteiger partial charge in [0.2, 0.25) is 11.8 Å². The number of carbonyl (C=O) groups excluding carboxylic acids is 2. The van der Waals surface area contributed by atoms with Crippen LogP contribution < -0.4 is 10.2 Å². The van der Waals surface area contributed by atoms with E-state index in [4.69, 9.17) is 0 Å². The van der Waals surface area contributed by atoms with Gasteiger partial charge >= 0.3 is 0 Å². The van der Waals surface area contributed by atoms with E-state index in [9.17, 15) is 9.59 Å². The van der Waals surface area contributed by atoms with Crippen LogP contribution in [0.15, 0.2) is 18.2 Å². The summed E-state index contributed by atoms with van der Waals surface area (Å²) in [6, 6.07) is 6.05. The molecule has 3 rings (SSSR count). The van der Waals surface area contributed by atoms with Gasteiger partial charge in [-0.2, -0.15) is 5.10 Å². The number of nitrogens with one attached hydrogen (secondary N) is 1. The minimum Gasteiger partial charge on any atom is -0.322 e. The topological polar surface area (TPSA) is 67.2 Å². The lowest BCUT2D eigenvalue weighted by Gasteiger charge is -2.18. The van der Waals surface area contributed by atoms with Crippen molar-refractivity contribution in [3.05, 3.63) is 40.7 Å². The first-order chi connectivity index (χ1) is 11.8. The molecule has 1 aromatic heterocycles. The van der Waals surface area contributed by atoms with E-state index < -0.39 is 5.92 Å². The maximum absolute atomic E-state index is 12.8. The summed E-state index contributed by atoms with van der Waals surface area (Å²) in [6.07, 6.45) is 0.524. The van der Waals surface area contributed by atoms with Gasteiger partial charge in [-0.1, -0.05) is 6.07 Å². The lowest BCUT2D eigenvalue weighted by Crippen LogP contribution is -2.33. The Balaban J connectivity index is 1.78. The van der Waals surface area contributed by atoms with Gasteiger partial charge in [-0.05, 0) is 57.4 Å². The van der Waals surface area contributed by atoms with Crippen LogP contribution in [-0.4, -0.2) is 28.1 Å². The number of benzene rings is 1. The van der Waals surface area contributed by atoms with E-state index in [0.29, 0.717) is 18.7 Å². The molecule has 6 nitrogen and oxygen atoms in total. The van der Waals surface area contributed by atoms with Crippen LogP contribution in [0.2, 0.25) is 0 Å². The number of amides is 2. The van der Waals surface area contributed by atoms with Crippen molar-refractivity contribution in [1.82, 2.24) is 9.78 Å². The van der Waals surface area contributed by atoms with Crippen LogP contribution in [0.5, 0.6) is 0 Å². The molecule has 2 heterocycles. The molecule has 132 valence electrons. The van der Waals surface area contributed by atoms with Gasteiger partial charge in [-0.15, -0.1) is 0 Å². The fourth-order valence-corrected chi connectivity index (χ4v) is 3.45. The molecule has 1 aromatic carbocycles. The normalized spacial score (nSPS) is 17.2. The highest BCUT2D eigenvalue weighted by Gasteiger charge is 2.38. The van der Waals surface area contributed by atoms with E-state index in [0.717, 1.165) is 28.2 Å². The van der Waals surface area contributed by atoms with E-state index in [-0.39, 0.29) is 11.8 Å². The maximum Gasteiger partial charge on any atom is 0.239 e. The molecule has 1 saturated heterocycles. The predicted molar refractivity (Wildman–Crippen MR) is 97.7 cm³/mol. The number of hydrogen-bond donors (Lipinski definition) is 1. The van der Waals surface area contributed by atoms with E-state index in [1.807, 2.05) is 46.9 Å². The van der Waals surface area contributed by atoms with Crippen LogP contribution in [0.25, 0.3) is 0 Å². The number of hydrogen-bond acceptors (Lipinski definition) is 3. The third-order valence-corrected chi connectivity index (χ3v) is 4.80. The minimum atomic E-state index is -0.653. The molecule has 2 aromatic rings. The van der Waals surface area contributed by atoms with Gasteiger partial charge in [0.25, 0.3) is 0 Å². The van der Waals surface area contributed by atoms with Crippen LogP contribution in [0.3, 0.4) is 0 Å². The fraction of sp³-hybridized carbons (Fsp3) is 0.421. The summed E-state index contributed by atoms with van der Waals surface area (Å²) in [5, 5.41) is 7.19. The van der Waals surface area contributed by atoms with Crippen molar-refractivity contribution in [3.63, 3.8) is 0 Å². The molecule has 0 saturated carbocycles. The molecular weight excluding hydrogens is 316 g/mol. The zero-order valence-electron chi connectivity index (χ0n) is 15.4. The molecule has 1 aliphatic rings. The third kappa shape index (κ3) is 3.16. The zero-order valence-corrected chi connectivity index (χ0v) is 15.4. The van der Waals surface area contributed by atoms with Crippen molar-refractivity contribution in [3.8, 4) is 0 Å². The van der Waals surface area contributed by atoms with E-state index >= 15 is 0 Å². The number of carbonyl (C=O) groups is 2. The van der Waals surface area contributed by atoms with Gasteiger partial charge < -0.3 is 10.2 Å². The third-order valence-electron chi connectivity index (χ3n) is 4.80. The summed E-state index contributed by atoms with van der Waals surface area (Å²) in [5.41, 5.74) is 5.42. The number of aromatic nitrogens is 2. The number of rotatable bonds is 3. The zero-order chi connectivity index (χ0) is 18.3. The molecule has 0 spiro atoms. The summed E-state index contributed by atoms with van der Waals surface area (Å²) >= 11 is 0. The molecule has 0 radical (unpaired) electrons. The summed E-state index contributed by atoms with van der Waals surface area (Å²) < 4.78 is 1.73. The smallest absolute Gasteiger partial charge is 0.239 e. The fourth-order valence-electron chi connectivity index (χ4n) is 3.45. The Labute approximate surface area is 147 Å². The quantitative estimate of drug-likeness (QED) is 0.874. The van der Waals surface area contributed by atoms with Crippen molar-refractivity contribution in [2.75, 3.05) is 16.8 Å². The molecule has 1 unspecified atom stereocenters. The van der Waals surface area contributed by atoms with Crippen LogP contribution >= 0.6 is 0 Å². The Kier molecular flexibility index (Phi) is 4.37. The molecule has 25 heavy (non-hydrogen) atoms. The van der Waals surface area contributed by atoms with Gasteiger partial charge in [-0.25, -0.2) is 0 Å². The summed E-state index contributed by atoms with van der Waals surface area (Å²) in [5.74, 6) is -1.04. The highest BCUT2D eigenvalue weighted by Crippen LogP contribution is 2.28. The van der Waals surface area contributed by atoms with E-state index in [1.165, 1.54) is 0 Å². The Hall–Kier alpha value is -2.63. The summed E-state index contributed by atoms with van der Waals surface area (Å²) in [7, 11) is 1.83. The molecule has 1 aliphatic heterocycles. The van der Waals surface area contributed by atoms with E-state index in [1.54, 1.807) is 9.58 Å². The molecule has 2 amide bonds. The van der Waals surface area contributed by atoms with Gasteiger partial charge in [0.15, 0.2) is 0 Å². The number of nitrogens with zero attached hydrogens (tertiary/aromatic N) is 3. The van der Waals surface area contributed by atoms with Crippen molar-refractivity contribution in [2.24, 2.45) is 13.0 Å². The Morgan fingerprint density at radius 2 is 1.80 bits per heavy atom. The van der Waals surface area contributed by atoms with Gasteiger partial charge in [-0.3, -0.25) is 14.3 Å². The molecule has 6 heteroatoms. The van der Waals surface area contributed by atoms with Crippen molar-refractivity contribution in [1.29, 1.82) is 0 Å². The first kappa shape index (κ1) is 17.2. The van der Waals surface area contributed by atoms with Gasteiger partial charge in [0.1, 0.15) is 5.92 Å². The average molecular weight is 340 g/mol. The average Bonchev–Trinajstić information content (AvgIpc) is 3.01. The Morgan fingerprint density at radius 1 is 1.16 bits per heavy atom. The molecule has 1 N–H and O–H groups in total. The second-order valence-electron chi connectivity index (χ2n) is 6.84. The van der Waals surface area contributed by atoms with Crippen LogP contribution in [0.4, 0.5) is 11.4 Å². The van der Waals surface area contributed by atoms with Crippen molar-refractivity contribution < 1.29 is 9.59 Å². The molecule has 0 aliphatic carbocycles. The largest absolute Gasteiger partial charge is 0.322 e. The highest BCUT2D eigenvalue weighted by molar-refractivity contribution is 6.13. The van der Waals surface area contributed by atoms with Gasteiger partial charge in [0, 0.05) is 19.3 Å². The number of aryl methyl sites for hydroxylation is 4. The molecule has 1 fully saturated rings. The van der Waals surface area contributed by atoms with Crippen LogP contribution in [0.1, 0.15) is 28.9 Å². The first-order valence-electron chi connectivity index (χ1n) is 8.48. The second kappa shape index (κ2) is 6.35. The van der Waals surface area contributed by atoms with Crippen molar-refractivity contribution in [2.45, 2.75) is 34.1 Å². The molecular formula is C19H24N4O2. The lowest BCUT2D eigenvalue weighted by molar-refractivity contribution is -0.129. The van der Waals surface area contributed by atoms with Crippen molar-refractivity contribution >= 4 is 23.2 Å². The first-order valence-corrected chi connectivity index (χ1v) is 8.48. The summed E-state index contributed by atoms with van der Waals surface area (Å²) in [6.45, 7) is 8.32. The summed E-state index contributed by atoms with van der Waals surface area (Å²) in [4.78, 5) is 27.1. The molecule has 1 atom stereocenters. The SMILES string of the molecule is Cc1cc(C)cc(N2CCC(C(=O)Nc3c(C)nn(C)c3C)C2=O)c1. The predicted octanol–water partition coefficient (Wildman–Crippen LogP) is 2.65. The second-order valence-corrected chi connectivity index (χ2v) is 6.84. The number of anilines is 2. The maximum atomic E-state index is 12.8. The Morgan fingerprint density at radius 3 is 2.36 bits per heavy atom. The van der Waals surface area contributed by atoms with Crippen LogP contribution in [0, 0.1) is 33.6 Å². The van der Waals surface area contributed by atoms with E-state index in [2.05, 4.69) is 16.5 Å². The Bertz CT molecular complexity index is 833. The monoisotopic (exact) mass is 340 g/mol. The van der Waals surface area contributed by atoms with Crippen LogP contribution in [-0.2, 0) is 16.6 Å².